The highest BCUT2D eigenvalue weighted by Gasteiger charge is 2.48. The molecule has 8 nitrogen and oxygen atoms in total. The van der Waals surface area contributed by atoms with Crippen LogP contribution in [0.15, 0.2) is 42.5 Å². The second-order valence-electron chi connectivity index (χ2n) is 8.34. The third kappa shape index (κ3) is 4.83. The van der Waals surface area contributed by atoms with Crippen LogP contribution in [0.1, 0.15) is 36.6 Å². The third-order valence-corrected chi connectivity index (χ3v) is 6.53. The van der Waals surface area contributed by atoms with Crippen molar-refractivity contribution in [2.24, 2.45) is 5.73 Å². The van der Waals surface area contributed by atoms with E-state index in [1.54, 1.807) is 13.8 Å². The maximum atomic E-state index is 12.3. The van der Waals surface area contributed by atoms with Gasteiger partial charge in [0.15, 0.2) is 0 Å². The van der Waals surface area contributed by atoms with Crippen LogP contribution in [0.4, 0.5) is 4.79 Å². The van der Waals surface area contributed by atoms with Gasteiger partial charge in [0.2, 0.25) is 4.33 Å². The van der Waals surface area contributed by atoms with Crippen LogP contribution in [0, 0.1) is 0 Å². The number of carboxylic acid groups (broad SMARTS) is 1. The molecule has 3 rings (SSSR count). The van der Waals surface area contributed by atoms with Crippen molar-refractivity contribution >= 4 is 35.2 Å². The normalized spacial score (nSPS) is 19.2. The molecule has 0 fully saturated rings. The topological polar surface area (TPSA) is 122 Å². The Labute approximate surface area is 201 Å². The van der Waals surface area contributed by atoms with E-state index < -0.39 is 34.1 Å². The first-order valence-corrected chi connectivity index (χ1v) is 11.0. The summed E-state index contributed by atoms with van der Waals surface area (Å²) in [6.45, 7) is 3.39. The maximum absolute atomic E-state index is 12.3. The van der Waals surface area contributed by atoms with Crippen molar-refractivity contribution < 1.29 is 29.3 Å². The summed E-state index contributed by atoms with van der Waals surface area (Å²) < 4.78 is 9.24. The van der Waals surface area contributed by atoms with Gasteiger partial charge in [-0.15, -0.1) is 0 Å². The van der Waals surface area contributed by atoms with E-state index in [-0.39, 0.29) is 23.6 Å². The predicted octanol–water partition coefficient (Wildman–Crippen LogP) is 3.61. The molecule has 10 heteroatoms. The number of hydrogen-bond acceptors (Lipinski definition) is 5. The number of primary amides is 1. The molecule has 2 aromatic carbocycles. The molecule has 178 valence electrons. The number of nitrogens with two attached hydrogens (primary N) is 1. The fourth-order valence-electron chi connectivity index (χ4n) is 3.92. The number of methoxy groups -OCH3 is 1. The summed E-state index contributed by atoms with van der Waals surface area (Å²) in [5.41, 5.74) is 5.55. The number of alkyl halides is 2. The maximum Gasteiger partial charge on any atom is 0.407 e. The molecule has 0 radical (unpaired) electrons. The molecule has 4 N–H and O–H groups in total. The molecule has 2 atom stereocenters. The van der Waals surface area contributed by atoms with Crippen LogP contribution in [0.25, 0.3) is 0 Å². The smallest absolute Gasteiger partial charge is 0.407 e. The molecule has 1 aliphatic rings. The van der Waals surface area contributed by atoms with Crippen LogP contribution in [0.5, 0.6) is 11.5 Å². The van der Waals surface area contributed by atoms with Gasteiger partial charge in [-0.2, -0.15) is 0 Å². The predicted molar refractivity (Wildman–Crippen MR) is 124 cm³/mol. The van der Waals surface area contributed by atoms with E-state index in [0.29, 0.717) is 12.0 Å². The quantitative estimate of drug-likeness (QED) is 0.503. The second-order valence-corrected chi connectivity index (χ2v) is 9.66. The van der Waals surface area contributed by atoms with E-state index >= 15 is 0 Å². The lowest BCUT2D eigenvalue weighted by Crippen LogP contribution is -2.55. The van der Waals surface area contributed by atoms with Crippen LogP contribution in [0.2, 0.25) is 0 Å². The molecule has 2 amide bonds. The Balaban J connectivity index is 2.12. The van der Waals surface area contributed by atoms with Gasteiger partial charge in [-0.25, -0.2) is 4.79 Å². The van der Waals surface area contributed by atoms with Gasteiger partial charge in [0.1, 0.15) is 23.2 Å². The van der Waals surface area contributed by atoms with E-state index in [1.807, 2.05) is 30.3 Å². The number of aliphatic hydroxyl groups is 1. The molecule has 0 saturated heterocycles. The van der Waals surface area contributed by atoms with Gasteiger partial charge in [-0.3, -0.25) is 9.69 Å². The van der Waals surface area contributed by atoms with Gasteiger partial charge in [0.05, 0.1) is 13.2 Å². The molecule has 1 heterocycles. The van der Waals surface area contributed by atoms with Crippen LogP contribution in [-0.4, -0.2) is 52.5 Å². The molecule has 0 aromatic heterocycles. The summed E-state index contributed by atoms with van der Waals surface area (Å²) in [6.07, 6.45) is -1.97. The minimum absolute atomic E-state index is 0.0525. The largest absolute Gasteiger partial charge is 0.496 e. The number of halogens is 2. The lowest BCUT2D eigenvalue weighted by atomic mass is 9.84. The van der Waals surface area contributed by atoms with Gasteiger partial charge in [-0.05, 0) is 38.0 Å². The van der Waals surface area contributed by atoms with Crippen molar-refractivity contribution in [1.29, 1.82) is 0 Å². The summed E-state index contributed by atoms with van der Waals surface area (Å²) in [5.74, 6) is -0.693. The number of ether oxygens (including phenoxy) is 2. The Morgan fingerprint density at radius 1 is 1.24 bits per heavy atom. The van der Waals surface area contributed by atoms with E-state index in [2.05, 4.69) is 0 Å². The van der Waals surface area contributed by atoms with Gasteiger partial charge in [0.25, 0.3) is 5.91 Å². The van der Waals surface area contributed by atoms with E-state index in [4.69, 9.17) is 38.4 Å². The highest BCUT2D eigenvalue weighted by atomic mass is 35.5. The SMILES string of the molecule is COc1cc2c(cc1C(Cl)(Cl)C(N)=O)OC(C)(C)[C@H](O)[C@H]2N(CCc1ccccc1)C(=O)O. The minimum Gasteiger partial charge on any atom is -0.496 e. The number of benzene rings is 2. The first kappa shape index (κ1) is 25.0. The third-order valence-electron chi connectivity index (χ3n) is 5.75. The van der Waals surface area contributed by atoms with Crippen molar-refractivity contribution in [3.8, 4) is 11.5 Å². The van der Waals surface area contributed by atoms with Crippen molar-refractivity contribution in [1.82, 2.24) is 4.90 Å². The molecular formula is C23H26Cl2N2O6. The number of carbonyl (C=O) groups is 2. The number of amides is 2. The first-order valence-electron chi connectivity index (χ1n) is 10.2. The minimum atomic E-state index is -2.11. The number of aliphatic hydroxyl groups excluding tert-OH is 1. The van der Waals surface area contributed by atoms with Crippen LogP contribution in [-0.2, 0) is 15.5 Å². The zero-order chi connectivity index (χ0) is 24.6. The molecule has 2 aromatic rings. The molecular weight excluding hydrogens is 471 g/mol. The Bertz CT molecular complexity index is 1040. The fraction of sp³-hybridized carbons (Fsp3) is 0.391. The van der Waals surface area contributed by atoms with Crippen LogP contribution >= 0.6 is 23.2 Å². The molecule has 0 bridgehead atoms. The van der Waals surface area contributed by atoms with E-state index in [0.717, 1.165) is 5.56 Å². The fourth-order valence-corrected chi connectivity index (χ4v) is 4.22. The van der Waals surface area contributed by atoms with E-state index in [1.165, 1.54) is 24.1 Å². The Hall–Kier alpha value is -2.68. The molecule has 0 spiro atoms. The van der Waals surface area contributed by atoms with Crippen LogP contribution < -0.4 is 15.2 Å². The molecule has 0 unspecified atom stereocenters. The zero-order valence-electron chi connectivity index (χ0n) is 18.4. The Morgan fingerprint density at radius 2 is 1.88 bits per heavy atom. The number of carbonyl (C=O) groups excluding carboxylic acids is 1. The number of nitrogens with zero attached hydrogens (tertiary/aromatic N) is 1. The summed E-state index contributed by atoms with van der Waals surface area (Å²) >= 11 is 12.4. The van der Waals surface area contributed by atoms with Gasteiger partial charge in [-0.1, -0.05) is 53.5 Å². The summed E-state index contributed by atoms with van der Waals surface area (Å²) in [6, 6.07) is 11.3. The number of hydrogen-bond donors (Lipinski definition) is 3. The second kappa shape index (κ2) is 9.29. The first-order chi connectivity index (χ1) is 15.4. The lowest BCUT2D eigenvalue weighted by molar-refractivity contribution is -0.118. The van der Waals surface area contributed by atoms with E-state index in [9.17, 15) is 19.8 Å². The van der Waals surface area contributed by atoms with Crippen molar-refractivity contribution in [2.75, 3.05) is 13.7 Å². The monoisotopic (exact) mass is 496 g/mol. The number of fused-ring (bicyclic) bond motifs is 1. The standard InChI is InChI=1S/C23H26Cl2N2O6/c1-22(2)19(28)18(27(21(30)31)10-9-13-7-5-4-6-8-13)14-11-17(32-3)15(12-16(14)33-22)23(24,25)20(26)29/h4-8,11-12,18-19,28H,9-10H2,1-3H3,(H2,26,29)(H,30,31)/t18-,19+/m0/s1. The highest BCUT2D eigenvalue weighted by molar-refractivity contribution is 6.57. The average Bonchev–Trinajstić information content (AvgIpc) is 2.75. The molecule has 0 aliphatic carbocycles. The molecule has 1 aliphatic heterocycles. The van der Waals surface area contributed by atoms with Crippen molar-refractivity contribution in [3.05, 3.63) is 59.2 Å². The van der Waals surface area contributed by atoms with Gasteiger partial charge in [0, 0.05) is 17.7 Å². The summed E-state index contributed by atoms with van der Waals surface area (Å²) in [5, 5.41) is 21.2. The number of rotatable bonds is 7. The lowest BCUT2D eigenvalue weighted by Gasteiger charge is -2.46. The molecule has 33 heavy (non-hydrogen) atoms. The average molecular weight is 497 g/mol. The van der Waals surface area contributed by atoms with Gasteiger partial charge < -0.3 is 25.4 Å². The summed E-state index contributed by atoms with van der Waals surface area (Å²) in [7, 11) is 1.35. The van der Waals surface area contributed by atoms with Crippen molar-refractivity contribution in [3.63, 3.8) is 0 Å². The summed E-state index contributed by atoms with van der Waals surface area (Å²) in [4.78, 5) is 25.3. The molecule has 0 saturated carbocycles. The van der Waals surface area contributed by atoms with Crippen LogP contribution in [0.3, 0.4) is 0 Å². The Morgan fingerprint density at radius 3 is 2.42 bits per heavy atom. The Kier molecular flexibility index (Phi) is 7.02. The zero-order valence-corrected chi connectivity index (χ0v) is 19.9. The van der Waals surface area contributed by atoms with Crippen molar-refractivity contribution in [2.45, 2.75) is 42.3 Å². The highest BCUT2D eigenvalue weighted by Crippen LogP contribution is 2.49. The van der Waals surface area contributed by atoms with Gasteiger partial charge >= 0.3 is 6.09 Å².